The summed E-state index contributed by atoms with van der Waals surface area (Å²) in [7, 11) is 0. The topological polar surface area (TPSA) is 72.0 Å². The Morgan fingerprint density at radius 2 is 2.36 bits per heavy atom. The van der Waals surface area contributed by atoms with Crippen LogP contribution in [0.2, 0.25) is 0 Å². The van der Waals surface area contributed by atoms with Crippen LogP contribution in [-0.2, 0) is 0 Å². The fraction of sp³-hybridized carbons (Fsp3) is 0.429. The molecule has 0 aliphatic carbocycles. The zero-order chi connectivity index (χ0) is 8.10. The Morgan fingerprint density at radius 1 is 1.55 bits per heavy atom. The van der Waals surface area contributed by atoms with Gasteiger partial charge >= 0.3 is 0 Å². The Kier molecular flexibility index (Phi) is 2.95. The van der Waals surface area contributed by atoms with E-state index in [0.29, 0.717) is 6.54 Å². The maximum absolute atomic E-state index is 8.83. The van der Waals surface area contributed by atoms with Gasteiger partial charge in [-0.2, -0.15) is 0 Å². The quantitative estimate of drug-likeness (QED) is 0.614. The Hall–Kier alpha value is -1.00. The minimum Gasteiger partial charge on any atom is -0.396 e. The van der Waals surface area contributed by atoms with E-state index in [1.165, 1.54) is 0 Å². The van der Waals surface area contributed by atoms with E-state index in [-0.39, 0.29) is 12.5 Å². The van der Waals surface area contributed by atoms with Gasteiger partial charge in [0.25, 0.3) is 0 Å². The van der Waals surface area contributed by atoms with Gasteiger partial charge in [-0.1, -0.05) is 0 Å². The molecule has 0 fully saturated rings. The van der Waals surface area contributed by atoms with Gasteiger partial charge in [0, 0.05) is 31.1 Å². The van der Waals surface area contributed by atoms with Gasteiger partial charge in [-0.3, -0.25) is 9.97 Å². The Bertz CT molecular complexity index is 198. The minimum atomic E-state index is -0.0799. The minimum absolute atomic E-state index is 0.0230. The summed E-state index contributed by atoms with van der Waals surface area (Å²) >= 11 is 0. The highest BCUT2D eigenvalue weighted by molar-refractivity contribution is 5.03. The molecule has 1 heterocycles. The highest BCUT2D eigenvalue weighted by Crippen LogP contribution is 2.07. The van der Waals surface area contributed by atoms with Crippen LogP contribution in [0.15, 0.2) is 18.6 Å². The van der Waals surface area contributed by atoms with Gasteiger partial charge < -0.3 is 10.8 Å². The predicted octanol–water partition coefficient (Wildman–Crippen LogP) is -0.489. The number of hydrogen-bond acceptors (Lipinski definition) is 4. The smallest absolute Gasteiger partial charge is 0.0653 e. The lowest BCUT2D eigenvalue weighted by atomic mass is 10.1. The molecular weight excluding hydrogens is 142 g/mol. The number of nitrogens with zero attached hydrogens (tertiary/aromatic N) is 2. The molecule has 0 aliphatic rings. The van der Waals surface area contributed by atoms with Gasteiger partial charge in [0.2, 0.25) is 0 Å². The largest absolute Gasteiger partial charge is 0.396 e. The highest BCUT2D eigenvalue weighted by atomic mass is 16.3. The third-order valence-electron chi connectivity index (χ3n) is 1.51. The van der Waals surface area contributed by atoms with Crippen molar-refractivity contribution in [3.63, 3.8) is 0 Å². The summed E-state index contributed by atoms with van der Waals surface area (Å²) in [6, 6.07) is 0. The Labute approximate surface area is 65.1 Å². The summed E-state index contributed by atoms with van der Waals surface area (Å²) in [5.41, 5.74) is 6.14. The lowest BCUT2D eigenvalue weighted by Gasteiger charge is -2.08. The van der Waals surface area contributed by atoms with Crippen molar-refractivity contribution >= 4 is 0 Å². The van der Waals surface area contributed by atoms with Crippen LogP contribution in [0.1, 0.15) is 11.6 Å². The standard InChI is InChI=1S/C7H11N3O/c8-3-6(5-11)7-4-9-1-2-10-7/h1-2,4,6,11H,3,5,8H2. The average Bonchev–Trinajstić information content (AvgIpc) is 2.09. The molecule has 1 rings (SSSR count). The average molecular weight is 153 g/mol. The third kappa shape index (κ3) is 1.96. The van der Waals surface area contributed by atoms with E-state index in [9.17, 15) is 0 Å². The van der Waals surface area contributed by atoms with Crippen molar-refractivity contribution in [2.45, 2.75) is 5.92 Å². The lowest BCUT2D eigenvalue weighted by Crippen LogP contribution is -2.17. The zero-order valence-electron chi connectivity index (χ0n) is 6.14. The summed E-state index contributed by atoms with van der Waals surface area (Å²) in [6.45, 7) is 0.421. The van der Waals surface area contributed by atoms with E-state index in [0.717, 1.165) is 5.69 Å². The zero-order valence-corrected chi connectivity index (χ0v) is 6.14. The molecule has 0 amide bonds. The molecule has 4 nitrogen and oxygen atoms in total. The second kappa shape index (κ2) is 4.00. The molecule has 1 atom stereocenters. The van der Waals surface area contributed by atoms with Crippen molar-refractivity contribution in [2.75, 3.05) is 13.2 Å². The summed E-state index contributed by atoms with van der Waals surface area (Å²) in [5, 5.41) is 8.83. The first-order valence-corrected chi connectivity index (χ1v) is 3.45. The van der Waals surface area contributed by atoms with Crippen molar-refractivity contribution in [3.05, 3.63) is 24.3 Å². The van der Waals surface area contributed by atoms with E-state index in [2.05, 4.69) is 9.97 Å². The SMILES string of the molecule is NCC(CO)c1cnccn1. The number of aromatic nitrogens is 2. The molecule has 1 aromatic heterocycles. The van der Waals surface area contributed by atoms with E-state index >= 15 is 0 Å². The number of nitrogens with two attached hydrogens (primary N) is 1. The van der Waals surface area contributed by atoms with Crippen molar-refractivity contribution in [1.29, 1.82) is 0 Å². The van der Waals surface area contributed by atoms with Crippen LogP contribution in [0.3, 0.4) is 0 Å². The molecule has 60 valence electrons. The molecule has 1 aromatic rings. The molecule has 11 heavy (non-hydrogen) atoms. The molecule has 1 unspecified atom stereocenters. The van der Waals surface area contributed by atoms with Gasteiger partial charge in [-0.25, -0.2) is 0 Å². The van der Waals surface area contributed by atoms with E-state index < -0.39 is 0 Å². The first-order valence-electron chi connectivity index (χ1n) is 3.45. The molecule has 0 spiro atoms. The van der Waals surface area contributed by atoms with Crippen molar-refractivity contribution in [2.24, 2.45) is 5.73 Å². The van der Waals surface area contributed by atoms with Gasteiger partial charge in [0.05, 0.1) is 12.3 Å². The first-order chi connectivity index (χ1) is 5.38. The summed E-state index contributed by atoms with van der Waals surface area (Å²) in [6.07, 6.45) is 4.80. The molecule has 0 radical (unpaired) electrons. The number of hydrogen-bond donors (Lipinski definition) is 2. The van der Waals surface area contributed by atoms with Crippen LogP contribution in [0.25, 0.3) is 0 Å². The van der Waals surface area contributed by atoms with Crippen LogP contribution in [0, 0.1) is 0 Å². The fourth-order valence-corrected chi connectivity index (χ4v) is 0.810. The fourth-order valence-electron chi connectivity index (χ4n) is 0.810. The van der Waals surface area contributed by atoms with E-state index in [1.807, 2.05) is 0 Å². The van der Waals surface area contributed by atoms with Crippen LogP contribution in [0.4, 0.5) is 0 Å². The monoisotopic (exact) mass is 153 g/mol. The molecule has 3 N–H and O–H groups in total. The van der Waals surface area contributed by atoms with Gasteiger partial charge in [0.15, 0.2) is 0 Å². The van der Waals surface area contributed by atoms with Crippen molar-refractivity contribution in [3.8, 4) is 0 Å². The highest BCUT2D eigenvalue weighted by Gasteiger charge is 2.08. The molecule has 0 aromatic carbocycles. The molecule has 0 aliphatic heterocycles. The van der Waals surface area contributed by atoms with Crippen molar-refractivity contribution < 1.29 is 5.11 Å². The van der Waals surface area contributed by atoms with Crippen LogP contribution in [-0.4, -0.2) is 28.2 Å². The molecule has 0 bridgehead atoms. The molecule has 0 saturated heterocycles. The van der Waals surface area contributed by atoms with Crippen LogP contribution >= 0.6 is 0 Å². The Morgan fingerprint density at radius 3 is 2.82 bits per heavy atom. The van der Waals surface area contributed by atoms with E-state index in [4.69, 9.17) is 10.8 Å². The predicted molar refractivity (Wildman–Crippen MR) is 40.9 cm³/mol. The summed E-state index contributed by atoms with van der Waals surface area (Å²) < 4.78 is 0. The third-order valence-corrected chi connectivity index (χ3v) is 1.51. The molecule has 4 heteroatoms. The molecule has 0 saturated carbocycles. The summed E-state index contributed by atoms with van der Waals surface area (Å²) in [4.78, 5) is 7.89. The van der Waals surface area contributed by atoms with Gasteiger partial charge in [0.1, 0.15) is 0 Å². The van der Waals surface area contributed by atoms with Gasteiger partial charge in [-0.05, 0) is 0 Å². The maximum Gasteiger partial charge on any atom is 0.0653 e. The van der Waals surface area contributed by atoms with Crippen molar-refractivity contribution in [1.82, 2.24) is 9.97 Å². The number of aliphatic hydroxyl groups excluding tert-OH is 1. The Balaban J connectivity index is 2.74. The number of rotatable bonds is 3. The molecular formula is C7H11N3O. The summed E-state index contributed by atoms with van der Waals surface area (Å²) in [5.74, 6) is -0.0799. The second-order valence-corrected chi connectivity index (χ2v) is 2.25. The van der Waals surface area contributed by atoms with Crippen LogP contribution in [0.5, 0.6) is 0 Å². The normalized spacial score (nSPS) is 12.9. The van der Waals surface area contributed by atoms with E-state index in [1.54, 1.807) is 18.6 Å². The maximum atomic E-state index is 8.83. The number of aliphatic hydroxyl groups is 1. The lowest BCUT2D eigenvalue weighted by molar-refractivity contribution is 0.265. The first kappa shape index (κ1) is 8.10. The van der Waals surface area contributed by atoms with Gasteiger partial charge in [-0.15, -0.1) is 0 Å². The van der Waals surface area contributed by atoms with Crippen LogP contribution < -0.4 is 5.73 Å². The second-order valence-electron chi connectivity index (χ2n) is 2.25.